The predicted octanol–water partition coefficient (Wildman–Crippen LogP) is -0.102. The Bertz CT molecular complexity index is 161. The molecule has 0 aliphatic heterocycles. The zero-order valence-corrected chi connectivity index (χ0v) is 4.16. The molecule has 2 N–H and O–H groups in total. The highest BCUT2D eigenvalue weighted by Gasteiger charge is 1.33. The summed E-state index contributed by atoms with van der Waals surface area (Å²) in [5, 5.41) is 5.49. The van der Waals surface area contributed by atoms with Crippen LogP contribution < -0.4 is 5.84 Å². The molecule has 0 aromatic heterocycles. The third-order valence-electron chi connectivity index (χ3n) is 0.182. The van der Waals surface area contributed by atoms with Gasteiger partial charge in [0.2, 0.25) is 0 Å². The van der Waals surface area contributed by atoms with Gasteiger partial charge in [0.1, 0.15) is 0 Å². The second-order valence-corrected chi connectivity index (χ2v) is 1.88. The summed E-state index contributed by atoms with van der Waals surface area (Å²) in [6.45, 7) is 0. The van der Waals surface area contributed by atoms with E-state index in [2.05, 4.69) is 27.8 Å². The van der Waals surface area contributed by atoms with Gasteiger partial charge in [-0.3, -0.25) is 0 Å². The Labute approximate surface area is 38.4 Å². The summed E-state index contributed by atoms with van der Waals surface area (Å²) in [6, 6.07) is 0. The molecule has 6 heavy (non-hydrogen) atoms. The van der Waals surface area contributed by atoms with Crippen molar-refractivity contribution in [2.75, 3.05) is 0 Å². The summed E-state index contributed by atoms with van der Waals surface area (Å²) in [6.07, 6.45) is 0. The largest absolute Gasteiger partial charge is 0.314 e. The van der Waals surface area contributed by atoms with Crippen molar-refractivity contribution in [3.8, 4) is 0 Å². The Kier molecular flexibility index (Phi) is 2.29. The molecular weight excluding hydrogens is 96.1 g/mol. The first-order valence-corrected chi connectivity index (χ1v) is 2.83. The van der Waals surface area contributed by atoms with Crippen molar-refractivity contribution in [2.24, 2.45) is 10.9 Å². The molecule has 0 amide bonds. The maximum atomic E-state index is 4.67. The van der Waals surface area contributed by atoms with Crippen LogP contribution in [-0.4, -0.2) is 16.9 Å². The van der Waals surface area contributed by atoms with Crippen molar-refractivity contribution in [2.45, 2.75) is 0 Å². The van der Waals surface area contributed by atoms with E-state index in [0.29, 0.717) is 0 Å². The zero-order chi connectivity index (χ0) is 4.99. The molecule has 0 saturated heterocycles. The lowest BCUT2D eigenvalue weighted by atomic mass is 11.7. The highest BCUT2D eigenvalue weighted by molar-refractivity contribution is 8.08. The summed E-state index contributed by atoms with van der Waals surface area (Å²) in [4.78, 5) is 0. The van der Waals surface area contributed by atoms with Crippen molar-refractivity contribution in [3.63, 3.8) is 0 Å². The van der Waals surface area contributed by atoms with E-state index in [-0.39, 0.29) is 9.66 Å². The number of nitrogens with zero attached hydrogens (tertiary/aromatic N) is 1. The smallest absolute Gasteiger partial charge is 0.0618 e. The van der Waals surface area contributed by atoms with Crippen LogP contribution in [0.15, 0.2) is 5.10 Å². The first-order chi connectivity index (χ1) is 2.77. The van der Waals surface area contributed by atoms with Crippen molar-refractivity contribution in [1.29, 1.82) is 0 Å². The van der Waals surface area contributed by atoms with Gasteiger partial charge in [0.25, 0.3) is 0 Å². The minimum absolute atomic E-state index is 0.357. The van der Waals surface area contributed by atoms with E-state index in [0.717, 1.165) is 0 Å². The van der Waals surface area contributed by atoms with Crippen LogP contribution in [0.2, 0.25) is 0 Å². The maximum Gasteiger partial charge on any atom is 0.0618 e. The number of rotatable bonds is 0. The molecule has 0 aliphatic carbocycles. The van der Waals surface area contributed by atoms with Crippen LogP contribution in [0.3, 0.4) is 0 Å². The molecule has 0 bridgehead atoms. The summed E-state index contributed by atoms with van der Waals surface area (Å²) in [5.41, 5.74) is 0. The van der Waals surface area contributed by atoms with Crippen LogP contribution in [0.5, 0.6) is 0 Å². The first kappa shape index (κ1) is 5.34. The summed E-state index contributed by atoms with van der Waals surface area (Å²) >= 11 is 0. The fourth-order valence-corrected chi connectivity index (χ4v) is 0.224. The lowest BCUT2D eigenvalue weighted by molar-refractivity contribution is 1.28. The number of isothiocyanates is 1. The van der Waals surface area contributed by atoms with Crippen molar-refractivity contribution in [1.82, 2.24) is 0 Å². The lowest BCUT2D eigenvalue weighted by Crippen LogP contribution is -1.71. The number of hydrogen-bond acceptors (Lipinski definition) is 2. The van der Waals surface area contributed by atoms with Crippen molar-refractivity contribution >= 4 is 26.6 Å². The highest BCUT2D eigenvalue weighted by Crippen LogP contribution is 1.57. The molecular formula is C3H6N2S. The molecule has 0 saturated carbocycles. The third kappa shape index (κ3) is 3.34. The molecule has 3 heteroatoms. The van der Waals surface area contributed by atoms with Crippen molar-refractivity contribution < 1.29 is 0 Å². The van der Waals surface area contributed by atoms with Gasteiger partial charge in [-0.15, -0.1) is 14.8 Å². The van der Waals surface area contributed by atoms with Gasteiger partial charge < -0.3 is 5.84 Å². The van der Waals surface area contributed by atoms with Crippen LogP contribution in [-0.2, 0) is 0 Å². The normalized spacial score (nSPS) is 6.00. The standard InChI is InChI=1S/C3H6N2S/c1-6(2)3-5-4/h1-2,4H2. The quantitative estimate of drug-likeness (QED) is 0.197. The monoisotopic (exact) mass is 102 g/mol. The molecule has 0 aromatic carbocycles. The zero-order valence-electron chi connectivity index (χ0n) is 3.35. The van der Waals surface area contributed by atoms with E-state index in [9.17, 15) is 0 Å². The van der Waals surface area contributed by atoms with Crippen LogP contribution >= 0.6 is 9.66 Å². The van der Waals surface area contributed by atoms with Gasteiger partial charge in [-0.25, -0.2) is 0 Å². The van der Waals surface area contributed by atoms with E-state index >= 15 is 0 Å². The second kappa shape index (κ2) is 2.57. The minimum Gasteiger partial charge on any atom is -0.314 e. The van der Waals surface area contributed by atoms with Crippen LogP contribution in [0.4, 0.5) is 0 Å². The molecule has 0 fully saturated rings. The predicted molar refractivity (Wildman–Crippen MR) is 33.5 cm³/mol. The van der Waals surface area contributed by atoms with Gasteiger partial charge in [-0.1, -0.05) is 0 Å². The van der Waals surface area contributed by atoms with Gasteiger partial charge in [0, 0.05) is 0 Å². The van der Waals surface area contributed by atoms with E-state index in [1.807, 2.05) is 0 Å². The number of nitrogens with two attached hydrogens (primary N) is 1. The number of hydrogen-bond donors (Lipinski definition) is 1. The molecule has 0 aliphatic rings. The molecule has 0 heterocycles. The highest BCUT2D eigenvalue weighted by atomic mass is 32.1. The van der Waals surface area contributed by atoms with Crippen molar-refractivity contribution in [3.05, 3.63) is 0 Å². The Morgan fingerprint density at radius 3 is 2.17 bits per heavy atom. The van der Waals surface area contributed by atoms with E-state index in [4.69, 9.17) is 0 Å². The fourth-order valence-electron chi connectivity index (χ4n) is 0.0745. The van der Waals surface area contributed by atoms with Gasteiger partial charge in [-0.2, -0.15) is 0 Å². The third-order valence-corrected chi connectivity index (χ3v) is 0.545. The minimum atomic E-state index is -0.357. The molecule has 0 rings (SSSR count). The van der Waals surface area contributed by atoms with E-state index in [1.165, 1.54) is 0 Å². The van der Waals surface area contributed by atoms with E-state index < -0.39 is 0 Å². The maximum absolute atomic E-state index is 4.67. The molecule has 2 nitrogen and oxygen atoms in total. The van der Waals surface area contributed by atoms with E-state index in [1.54, 1.807) is 0 Å². The van der Waals surface area contributed by atoms with Crippen LogP contribution in [0.1, 0.15) is 0 Å². The Morgan fingerprint density at radius 1 is 1.67 bits per heavy atom. The van der Waals surface area contributed by atoms with Gasteiger partial charge >= 0.3 is 0 Å². The van der Waals surface area contributed by atoms with Crippen LogP contribution in [0.25, 0.3) is 0 Å². The average molecular weight is 102 g/mol. The summed E-state index contributed by atoms with van der Waals surface area (Å²) < 4.78 is 0. The van der Waals surface area contributed by atoms with Gasteiger partial charge in [-0.05, 0) is 11.7 Å². The topological polar surface area (TPSA) is 38.4 Å². The summed E-state index contributed by atoms with van der Waals surface area (Å²) in [7, 11) is -0.357. The molecule has 0 radical (unpaired) electrons. The molecule has 0 spiro atoms. The Balaban J connectivity index is 4.66. The summed E-state index contributed by atoms with van der Waals surface area (Å²) in [5.74, 6) is 11.6. The molecule has 0 atom stereocenters. The molecule has 0 unspecified atom stereocenters. The Morgan fingerprint density at radius 2 is 2.17 bits per heavy atom. The lowest BCUT2D eigenvalue weighted by Gasteiger charge is -1.52. The second-order valence-electron chi connectivity index (χ2n) is 0.713. The van der Waals surface area contributed by atoms with Gasteiger partial charge in [0.05, 0.1) is 5.16 Å². The van der Waals surface area contributed by atoms with Crippen LogP contribution in [0, 0.1) is 0 Å². The first-order valence-electron chi connectivity index (χ1n) is 1.26. The molecule has 0 aromatic rings. The molecule has 34 valence electrons. The average Bonchev–Trinajstić information content (AvgIpc) is 1.35. The number of hydrazone groups is 1. The van der Waals surface area contributed by atoms with Gasteiger partial charge in [0.15, 0.2) is 0 Å². The SMILES string of the molecule is C=S(=C)=C=NN. The Hall–Kier alpha value is -0.660. The fraction of sp³-hybridized carbons (Fsp3) is 0.